The Morgan fingerprint density at radius 3 is 2.78 bits per heavy atom. The molecule has 2 atom stereocenters. The molecule has 3 heteroatoms. The van der Waals surface area contributed by atoms with Crippen molar-refractivity contribution in [1.29, 1.82) is 0 Å². The zero-order chi connectivity index (χ0) is 6.69. The number of rotatable bonds is 0. The molecule has 0 amide bonds. The third kappa shape index (κ3) is 1.93. The molecule has 3 nitrogen and oxygen atoms in total. The molecule has 0 aromatic rings. The molecule has 1 aliphatic rings. The minimum absolute atomic E-state index is 0.0139. The van der Waals surface area contributed by atoms with Crippen LogP contribution in [0.15, 0.2) is 0 Å². The number of hydrogen-bond acceptors (Lipinski definition) is 3. The van der Waals surface area contributed by atoms with E-state index in [1.165, 1.54) is 0 Å². The maximum atomic E-state index is 9.19. The summed E-state index contributed by atoms with van der Waals surface area (Å²) in [6.45, 7) is 1.84. The summed E-state index contributed by atoms with van der Waals surface area (Å²) in [7, 11) is 0. The molecule has 4 N–H and O–H groups in total. The van der Waals surface area contributed by atoms with Crippen molar-refractivity contribution in [2.75, 3.05) is 13.1 Å². The monoisotopic (exact) mass is 130 g/mol. The number of nitrogens with one attached hydrogen (secondary N) is 1. The van der Waals surface area contributed by atoms with Crippen LogP contribution in [0.5, 0.6) is 0 Å². The van der Waals surface area contributed by atoms with Crippen LogP contribution in [0.4, 0.5) is 0 Å². The molecule has 54 valence electrons. The van der Waals surface area contributed by atoms with Crippen molar-refractivity contribution in [3.63, 3.8) is 0 Å². The minimum Gasteiger partial charge on any atom is -0.391 e. The van der Waals surface area contributed by atoms with E-state index in [1.54, 1.807) is 0 Å². The summed E-state index contributed by atoms with van der Waals surface area (Å²) in [5.74, 6) is 0. The second-order valence-corrected chi connectivity index (χ2v) is 2.56. The van der Waals surface area contributed by atoms with Crippen LogP contribution in [0.3, 0.4) is 0 Å². The van der Waals surface area contributed by atoms with E-state index in [0.29, 0.717) is 0 Å². The second kappa shape index (κ2) is 3.15. The van der Waals surface area contributed by atoms with Gasteiger partial charge in [-0.05, 0) is 25.9 Å². The predicted molar refractivity (Wildman–Crippen MR) is 36.1 cm³/mol. The molecule has 9 heavy (non-hydrogen) atoms. The normalized spacial score (nSPS) is 38.0. The number of hydrogen-bond donors (Lipinski definition) is 3. The van der Waals surface area contributed by atoms with Crippen LogP contribution in [0.25, 0.3) is 0 Å². The van der Waals surface area contributed by atoms with Gasteiger partial charge in [-0.15, -0.1) is 0 Å². The highest BCUT2D eigenvalue weighted by atomic mass is 16.3. The summed E-state index contributed by atoms with van der Waals surface area (Å²) in [6.07, 6.45) is 1.39. The van der Waals surface area contributed by atoms with Crippen LogP contribution in [0.2, 0.25) is 0 Å². The average molecular weight is 130 g/mol. The van der Waals surface area contributed by atoms with Crippen molar-refractivity contribution in [1.82, 2.24) is 5.32 Å². The molecule has 1 rings (SSSR count). The molecule has 0 spiro atoms. The van der Waals surface area contributed by atoms with Crippen LogP contribution in [-0.2, 0) is 0 Å². The lowest BCUT2D eigenvalue weighted by molar-refractivity contribution is 0.141. The zero-order valence-electron chi connectivity index (χ0n) is 5.51. The molecule has 0 bridgehead atoms. The van der Waals surface area contributed by atoms with Gasteiger partial charge in [-0.3, -0.25) is 0 Å². The minimum atomic E-state index is -0.292. The Morgan fingerprint density at radius 2 is 2.00 bits per heavy atom. The smallest absolute Gasteiger partial charge is 0.0703 e. The van der Waals surface area contributed by atoms with Crippen LogP contribution in [0, 0.1) is 0 Å². The first kappa shape index (κ1) is 6.99. The molecular formula is C6H14N2O. The van der Waals surface area contributed by atoms with Crippen molar-refractivity contribution >= 4 is 0 Å². The van der Waals surface area contributed by atoms with Crippen LogP contribution >= 0.6 is 0 Å². The van der Waals surface area contributed by atoms with E-state index in [0.717, 1.165) is 25.9 Å². The zero-order valence-corrected chi connectivity index (χ0v) is 5.51. The Balaban J connectivity index is 2.32. The van der Waals surface area contributed by atoms with E-state index in [9.17, 15) is 5.11 Å². The number of aliphatic hydroxyl groups is 1. The Labute approximate surface area is 55.2 Å². The van der Waals surface area contributed by atoms with Crippen molar-refractivity contribution < 1.29 is 5.11 Å². The summed E-state index contributed by atoms with van der Waals surface area (Å²) >= 11 is 0. The fourth-order valence-electron chi connectivity index (χ4n) is 1.05. The topological polar surface area (TPSA) is 58.3 Å². The number of aliphatic hydroxyl groups excluding tert-OH is 1. The van der Waals surface area contributed by atoms with Crippen LogP contribution < -0.4 is 11.1 Å². The summed E-state index contributed by atoms with van der Waals surface area (Å²) in [4.78, 5) is 0. The second-order valence-electron chi connectivity index (χ2n) is 2.56. The highest BCUT2D eigenvalue weighted by Gasteiger charge is 2.16. The Hall–Kier alpha value is -0.120. The van der Waals surface area contributed by atoms with Gasteiger partial charge in [-0.2, -0.15) is 0 Å². The van der Waals surface area contributed by atoms with Gasteiger partial charge in [0, 0.05) is 6.04 Å². The van der Waals surface area contributed by atoms with Gasteiger partial charge >= 0.3 is 0 Å². The summed E-state index contributed by atoms with van der Waals surface area (Å²) in [5, 5.41) is 12.4. The highest BCUT2D eigenvalue weighted by molar-refractivity contribution is 4.76. The third-order valence-corrected chi connectivity index (χ3v) is 1.77. The molecule has 0 aromatic heterocycles. The molecule has 2 unspecified atom stereocenters. The molecule has 1 fully saturated rings. The molecule has 1 heterocycles. The Bertz CT molecular complexity index is 77.1. The van der Waals surface area contributed by atoms with Gasteiger partial charge in [-0.1, -0.05) is 0 Å². The van der Waals surface area contributed by atoms with Crippen LogP contribution in [0.1, 0.15) is 12.8 Å². The van der Waals surface area contributed by atoms with Gasteiger partial charge in [0.15, 0.2) is 0 Å². The average Bonchev–Trinajstić information content (AvgIpc) is 1.99. The first-order valence-corrected chi connectivity index (χ1v) is 3.45. The third-order valence-electron chi connectivity index (χ3n) is 1.77. The molecule has 0 aliphatic carbocycles. The summed E-state index contributed by atoms with van der Waals surface area (Å²) < 4.78 is 0. The SMILES string of the molecule is NC1CCNCCC1O. The maximum Gasteiger partial charge on any atom is 0.0703 e. The standard InChI is InChI=1S/C6H14N2O/c7-5-1-3-8-4-2-6(5)9/h5-6,8-9H,1-4,7H2. The Morgan fingerprint density at radius 1 is 1.33 bits per heavy atom. The summed E-state index contributed by atoms with van der Waals surface area (Å²) in [5.41, 5.74) is 5.59. The van der Waals surface area contributed by atoms with E-state index in [4.69, 9.17) is 5.73 Å². The lowest BCUT2D eigenvalue weighted by atomic mass is 10.1. The van der Waals surface area contributed by atoms with E-state index in [-0.39, 0.29) is 12.1 Å². The summed E-state index contributed by atoms with van der Waals surface area (Å²) in [6, 6.07) is -0.0139. The molecule has 1 saturated heterocycles. The van der Waals surface area contributed by atoms with E-state index >= 15 is 0 Å². The lowest BCUT2D eigenvalue weighted by Gasteiger charge is -2.12. The molecule has 1 aliphatic heterocycles. The van der Waals surface area contributed by atoms with Gasteiger partial charge in [0.1, 0.15) is 0 Å². The first-order valence-electron chi connectivity index (χ1n) is 3.45. The molecule has 0 radical (unpaired) electrons. The van der Waals surface area contributed by atoms with E-state index in [2.05, 4.69) is 5.32 Å². The van der Waals surface area contributed by atoms with Crippen molar-refractivity contribution in [2.45, 2.75) is 25.0 Å². The van der Waals surface area contributed by atoms with Gasteiger partial charge in [0.2, 0.25) is 0 Å². The molecular weight excluding hydrogens is 116 g/mol. The molecule has 0 saturated carbocycles. The molecule has 0 aromatic carbocycles. The Kier molecular flexibility index (Phi) is 2.45. The quantitative estimate of drug-likeness (QED) is 0.396. The van der Waals surface area contributed by atoms with Crippen LogP contribution in [-0.4, -0.2) is 30.3 Å². The maximum absolute atomic E-state index is 9.19. The first-order chi connectivity index (χ1) is 4.30. The highest BCUT2D eigenvalue weighted by Crippen LogP contribution is 2.02. The fraction of sp³-hybridized carbons (Fsp3) is 1.00. The van der Waals surface area contributed by atoms with Gasteiger partial charge in [-0.25, -0.2) is 0 Å². The largest absolute Gasteiger partial charge is 0.391 e. The van der Waals surface area contributed by atoms with Gasteiger partial charge < -0.3 is 16.2 Å². The van der Waals surface area contributed by atoms with Crippen molar-refractivity contribution in [2.24, 2.45) is 5.73 Å². The van der Waals surface area contributed by atoms with Crippen molar-refractivity contribution in [3.8, 4) is 0 Å². The van der Waals surface area contributed by atoms with Crippen molar-refractivity contribution in [3.05, 3.63) is 0 Å². The van der Waals surface area contributed by atoms with Gasteiger partial charge in [0.05, 0.1) is 6.10 Å². The number of nitrogens with two attached hydrogens (primary N) is 1. The fourth-order valence-corrected chi connectivity index (χ4v) is 1.05. The van der Waals surface area contributed by atoms with E-state index in [1.807, 2.05) is 0 Å². The predicted octanol–water partition coefficient (Wildman–Crippen LogP) is -0.942. The van der Waals surface area contributed by atoms with E-state index < -0.39 is 0 Å². The lowest BCUT2D eigenvalue weighted by Crippen LogP contribution is -2.34. The van der Waals surface area contributed by atoms with Gasteiger partial charge in [0.25, 0.3) is 0 Å².